The van der Waals surface area contributed by atoms with E-state index in [0.717, 1.165) is 44.6 Å². The molecule has 1 aliphatic carbocycles. The molecule has 2 nitrogen and oxygen atoms in total. The lowest BCUT2D eigenvalue weighted by Gasteiger charge is -2.26. The Bertz CT molecular complexity index is 3840. The fourth-order valence-electron chi connectivity index (χ4n) is 10.6. The van der Waals surface area contributed by atoms with Crippen molar-refractivity contribution >= 4 is 70.5 Å². The van der Waals surface area contributed by atoms with Gasteiger partial charge < -0.3 is 9.32 Å². The van der Waals surface area contributed by atoms with E-state index in [9.17, 15) is 0 Å². The van der Waals surface area contributed by atoms with Gasteiger partial charge in [-0.2, -0.15) is 0 Å². The fraction of sp³-hybridized carbons (Fsp3) is 0.0476. The molecule has 0 amide bonds. The van der Waals surface area contributed by atoms with Crippen LogP contribution in [0.5, 0.6) is 0 Å². The van der Waals surface area contributed by atoms with Crippen molar-refractivity contribution < 1.29 is 4.42 Å². The lowest BCUT2D eigenvalue weighted by atomic mass is 9.81. The normalized spacial score (nSPS) is 12.8. The first-order valence-electron chi connectivity index (χ1n) is 22.7. The highest BCUT2D eigenvalue weighted by Gasteiger charge is 2.36. The number of furan rings is 1. The van der Waals surface area contributed by atoms with Crippen LogP contribution in [0.4, 0.5) is 17.1 Å². The fourth-order valence-corrected chi connectivity index (χ4v) is 11.7. The van der Waals surface area contributed by atoms with Crippen LogP contribution in [0, 0.1) is 0 Å². The van der Waals surface area contributed by atoms with Crippen LogP contribution in [0.25, 0.3) is 97.7 Å². The Morgan fingerprint density at radius 2 is 0.970 bits per heavy atom. The minimum absolute atomic E-state index is 0.154. The Kier molecular flexibility index (Phi) is 8.78. The quantitative estimate of drug-likeness (QED) is 0.159. The molecule has 0 saturated carbocycles. The van der Waals surface area contributed by atoms with E-state index in [0.29, 0.717) is 0 Å². The molecule has 0 spiro atoms. The van der Waals surface area contributed by atoms with Crippen LogP contribution < -0.4 is 4.90 Å². The zero-order valence-electron chi connectivity index (χ0n) is 36.6. The molecule has 312 valence electrons. The number of para-hydroxylation sites is 2. The Hall–Kier alpha value is -7.98. The summed E-state index contributed by atoms with van der Waals surface area (Å²) in [5, 5.41) is 4.95. The van der Waals surface area contributed by atoms with Gasteiger partial charge in [-0.3, -0.25) is 0 Å². The molecule has 13 rings (SSSR count). The Morgan fingerprint density at radius 3 is 1.80 bits per heavy atom. The van der Waals surface area contributed by atoms with E-state index in [2.05, 4.69) is 237 Å². The zero-order valence-corrected chi connectivity index (χ0v) is 37.4. The third kappa shape index (κ3) is 6.15. The van der Waals surface area contributed by atoms with Crippen LogP contribution in [0.2, 0.25) is 0 Å². The largest absolute Gasteiger partial charge is 0.455 e. The average Bonchev–Trinajstić information content (AvgIpc) is 4.02. The van der Waals surface area contributed by atoms with E-state index < -0.39 is 0 Å². The summed E-state index contributed by atoms with van der Waals surface area (Å²) in [5.74, 6) is 0. The molecule has 0 saturated heterocycles. The number of hydrogen-bond acceptors (Lipinski definition) is 3. The molecule has 12 aromatic rings. The van der Waals surface area contributed by atoms with Gasteiger partial charge in [0.2, 0.25) is 0 Å². The van der Waals surface area contributed by atoms with Crippen molar-refractivity contribution in [2.24, 2.45) is 0 Å². The third-order valence-corrected chi connectivity index (χ3v) is 15.0. The molecule has 66 heavy (non-hydrogen) atoms. The molecular weight excluding hydrogens is 819 g/mol. The Labute approximate surface area is 388 Å². The van der Waals surface area contributed by atoms with Gasteiger partial charge in [0.15, 0.2) is 0 Å². The first kappa shape index (κ1) is 38.5. The maximum atomic E-state index is 6.47. The van der Waals surface area contributed by atoms with Gasteiger partial charge in [-0.1, -0.05) is 172 Å². The highest BCUT2D eigenvalue weighted by Crippen LogP contribution is 2.51. The highest BCUT2D eigenvalue weighted by molar-refractivity contribution is 7.25. The standard InChI is InChI=1S/C63H43NOS/c1-63(2)56-36-30-44(38-55(56)51-35-29-45(39-57(51)63)50-20-11-21-53-52-17-6-8-22-58(52)65-62(50)53)41-25-31-46(32-26-41)64(48-16-10-15-43(37-48)40-13-4-3-5-14-40)47-33-27-42(28-34-47)49-19-12-24-60-61(49)54-18-7-9-23-59(54)66-60/h3-39H,1-2H3. The predicted molar refractivity (Wildman–Crippen MR) is 281 cm³/mol. The number of nitrogens with zero attached hydrogens (tertiary/aromatic N) is 1. The molecule has 0 bridgehead atoms. The van der Waals surface area contributed by atoms with Crippen molar-refractivity contribution in [2.75, 3.05) is 4.90 Å². The first-order valence-corrected chi connectivity index (χ1v) is 23.5. The molecular formula is C63H43NOS. The van der Waals surface area contributed by atoms with Gasteiger partial charge in [-0.25, -0.2) is 0 Å². The minimum atomic E-state index is -0.154. The van der Waals surface area contributed by atoms with Crippen molar-refractivity contribution in [2.45, 2.75) is 19.3 Å². The molecule has 0 N–H and O–H groups in total. The summed E-state index contributed by atoms with van der Waals surface area (Å²) in [4.78, 5) is 2.38. The molecule has 1 aliphatic rings. The topological polar surface area (TPSA) is 16.4 Å². The summed E-state index contributed by atoms with van der Waals surface area (Å²) in [6.45, 7) is 4.71. The van der Waals surface area contributed by atoms with Gasteiger partial charge in [-0.15, -0.1) is 11.3 Å². The summed E-state index contributed by atoms with van der Waals surface area (Å²) in [6.07, 6.45) is 0. The molecule has 2 heterocycles. The van der Waals surface area contributed by atoms with Gasteiger partial charge in [-0.05, 0) is 128 Å². The summed E-state index contributed by atoms with van der Waals surface area (Å²) < 4.78 is 9.11. The third-order valence-electron chi connectivity index (χ3n) is 13.9. The maximum absolute atomic E-state index is 6.47. The SMILES string of the molecule is CC1(C)c2ccc(-c3ccc(N(c4ccc(-c5cccc6sc7ccccc7c56)cc4)c4cccc(-c5ccccc5)c4)cc3)cc2-c2ccc(-c3cccc4c3oc3ccccc34)cc21. The maximum Gasteiger partial charge on any atom is 0.143 e. The number of anilines is 3. The van der Waals surface area contributed by atoms with E-state index in [1.807, 2.05) is 17.4 Å². The molecule has 0 radical (unpaired) electrons. The summed E-state index contributed by atoms with van der Waals surface area (Å²) in [6, 6.07) is 82.0. The van der Waals surface area contributed by atoms with Crippen molar-refractivity contribution in [3.05, 3.63) is 236 Å². The van der Waals surface area contributed by atoms with Crippen LogP contribution in [-0.4, -0.2) is 0 Å². The lowest BCUT2D eigenvalue weighted by Crippen LogP contribution is -2.15. The van der Waals surface area contributed by atoms with E-state index >= 15 is 0 Å². The number of thiophene rings is 1. The van der Waals surface area contributed by atoms with Crippen LogP contribution in [0.15, 0.2) is 229 Å². The molecule has 10 aromatic carbocycles. The van der Waals surface area contributed by atoms with Gasteiger partial charge >= 0.3 is 0 Å². The molecule has 0 aliphatic heterocycles. The van der Waals surface area contributed by atoms with Gasteiger partial charge in [0.25, 0.3) is 0 Å². The zero-order chi connectivity index (χ0) is 43.9. The highest BCUT2D eigenvalue weighted by atomic mass is 32.1. The van der Waals surface area contributed by atoms with Gasteiger partial charge in [0.05, 0.1) is 0 Å². The monoisotopic (exact) mass is 861 g/mol. The lowest BCUT2D eigenvalue weighted by molar-refractivity contribution is 0.660. The Morgan fingerprint density at radius 1 is 0.364 bits per heavy atom. The minimum Gasteiger partial charge on any atom is -0.455 e. The summed E-state index contributed by atoms with van der Waals surface area (Å²) in [7, 11) is 0. The summed E-state index contributed by atoms with van der Waals surface area (Å²) >= 11 is 1.86. The number of benzene rings is 10. The second kappa shape index (κ2) is 15.1. The van der Waals surface area contributed by atoms with Crippen molar-refractivity contribution in [1.82, 2.24) is 0 Å². The summed E-state index contributed by atoms with van der Waals surface area (Å²) in [5.41, 5.74) is 19.9. The second-order valence-corrected chi connectivity index (χ2v) is 19.1. The second-order valence-electron chi connectivity index (χ2n) is 18.0. The van der Waals surface area contributed by atoms with Crippen molar-refractivity contribution in [3.8, 4) is 55.6 Å². The van der Waals surface area contributed by atoms with E-state index in [-0.39, 0.29) is 5.41 Å². The first-order chi connectivity index (χ1) is 32.5. The average molecular weight is 862 g/mol. The van der Waals surface area contributed by atoms with E-state index in [1.54, 1.807) is 0 Å². The van der Waals surface area contributed by atoms with Crippen molar-refractivity contribution in [3.63, 3.8) is 0 Å². The van der Waals surface area contributed by atoms with Gasteiger partial charge in [0, 0.05) is 59.0 Å². The van der Waals surface area contributed by atoms with E-state index in [4.69, 9.17) is 4.42 Å². The number of fused-ring (bicyclic) bond motifs is 9. The molecule has 0 atom stereocenters. The van der Waals surface area contributed by atoms with Crippen LogP contribution >= 0.6 is 11.3 Å². The molecule has 0 fully saturated rings. The molecule has 3 heteroatoms. The predicted octanol–water partition coefficient (Wildman–Crippen LogP) is 18.4. The van der Waals surface area contributed by atoms with Crippen LogP contribution in [-0.2, 0) is 5.41 Å². The van der Waals surface area contributed by atoms with Gasteiger partial charge in [0.1, 0.15) is 11.2 Å². The van der Waals surface area contributed by atoms with E-state index in [1.165, 1.54) is 81.4 Å². The Balaban J connectivity index is 0.864. The number of hydrogen-bond donors (Lipinski definition) is 0. The van der Waals surface area contributed by atoms with Crippen molar-refractivity contribution in [1.29, 1.82) is 0 Å². The number of rotatable bonds is 7. The molecule has 2 aromatic heterocycles. The van der Waals surface area contributed by atoms with Crippen LogP contribution in [0.1, 0.15) is 25.0 Å². The smallest absolute Gasteiger partial charge is 0.143 e. The van der Waals surface area contributed by atoms with Crippen LogP contribution in [0.3, 0.4) is 0 Å². The molecule has 0 unspecified atom stereocenters.